The second kappa shape index (κ2) is 8.09. The molecular formula is C17H27N3O3S. The zero-order valence-corrected chi connectivity index (χ0v) is 15.5. The van der Waals surface area contributed by atoms with E-state index in [4.69, 9.17) is 0 Å². The topological polar surface area (TPSA) is 69.7 Å². The maximum absolute atomic E-state index is 12.6. The van der Waals surface area contributed by atoms with Crippen molar-refractivity contribution in [2.24, 2.45) is 5.92 Å². The number of hydrogen-bond donors (Lipinski definition) is 1. The highest BCUT2D eigenvalue weighted by Crippen LogP contribution is 2.19. The van der Waals surface area contributed by atoms with E-state index >= 15 is 0 Å². The van der Waals surface area contributed by atoms with Crippen LogP contribution in [0, 0.1) is 5.92 Å². The largest absolute Gasteiger partial charge is 0.338 e. The Morgan fingerprint density at radius 2 is 2.12 bits per heavy atom. The lowest BCUT2D eigenvalue weighted by Gasteiger charge is -2.31. The lowest BCUT2D eigenvalue weighted by atomic mass is 9.99. The quantitative estimate of drug-likeness (QED) is 0.839. The molecular weight excluding hydrogens is 326 g/mol. The molecule has 1 aromatic carbocycles. The van der Waals surface area contributed by atoms with Crippen LogP contribution in [0.2, 0.25) is 0 Å². The van der Waals surface area contributed by atoms with Crippen LogP contribution >= 0.6 is 0 Å². The lowest BCUT2D eigenvalue weighted by molar-refractivity contribution is 0.0683. The van der Waals surface area contributed by atoms with Gasteiger partial charge in [0.25, 0.3) is 5.91 Å². The van der Waals surface area contributed by atoms with Gasteiger partial charge in [0.1, 0.15) is 0 Å². The van der Waals surface area contributed by atoms with E-state index in [2.05, 4.69) is 11.6 Å². The highest BCUT2D eigenvalue weighted by molar-refractivity contribution is 7.89. The number of amides is 1. The Kier molecular flexibility index (Phi) is 6.37. The van der Waals surface area contributed by atoms with Gasteiger partial charge >= 0.3 is 0 Å². The van der Waals surface area contributed by atoms with Crippen LogP contribution in [-0.4, -0.2) is 64.4 Å². The number of carbonyl (C=O) groups excluding carboxylic acids is 1. The summed E-state index contributed by atoms with van der Waals surface area (Å²) in [4.78, 5) is 16.5. The summed E-state index contributed by atoms with van der Waals surface area (Å²) >= 11 is 0. The van der Waals surface area contributed by atoms with Crippen LogP contribution < -0.4 is 4.72 Å². The molecule has 0 radical (unpaired) electrons. The zero-order valence-electron chi connectivity index (χ0n) is 14.7. The molecule has 1 amide bonds. The molecule has 0 aromatic heterocycles. The van der Waals surface area contributed by atoms with Crippen molar-refractivity contribution >= 4 is 15.9 Å². The lowest BCUT2D eigenvalue weighted by Crippen LogP contribution is -2.39. The average Bonchev–Trinajstić information content (AvgIpc) is 2.54. The number of benzene rings is 1. The fourth-order valence-corrected chi connectivity index (χ4v) is 3.91. The van der Waals surface area contributed by atoms with Crippen molar-refractivity contribution in [3.63, 3.8) is 0 Å². The van der Waals surface area contributed by atoms with Crippen LogP contribution in [0.5, 0.6) is 0 Å². The molecule has 1 unspecified atom stereocenters. The van der Waals surface area contributed by atoms with Crippen molar-refractivity contribution < 1.29 is 13.2 Å². The van der Waals surface area contributed by atoms with Crippen molar-refractivity contribution in [1.82, 2.24) is 14.5 Å². The number of sulfonamides is 1. The molecule has 1 heterocycles. The predicted molar refractivity (Wildman–Crippen MR) is 94.5 cm³/mol. The second-order valence-corrected chi connectivity index (χ2v) is 8.49. The van der Waals surface area contributed by atoms with Crippen molar-refractivity contribution in [3.8, 4) is 0 Å². The molecule has 24 heavy (non-hydrogen) atoms. The smallest absolute Gasteiger partial charge is 0.253 e. The molecule has 1 atom stereocenters. The number of carbonyl (C=O) groups is 1. The maximum atomic E-state index is 12.6. The summed E-state index contributed by atoms with van der Waals surface area (Å²) in [6, 6.07) is 6.30. The number of piperidine rings is 1. The first-order chi connectivity index (χ1) is 11.3. The van der Waals surface area contributed by atoms with Crippen LogP contribution in [0.3, 0.4) is 0 Å². The van der Waals surface area contributed by atoms with Gasteiger partial charge in [0.15, 0.2) is 0 Å². The molecule has 134 valence electrons. The van der Waals surface area contributed by atoms with Gasteiger partial charge in [-0.15, -0.1) is 0 Å². The first kappa shape index (κ1) is 18.9. The third kappa shape index (κ3) is 5.03. The van der Waals surface area contributed by atoms with Gasteiger partial charge in [0.2, 0.25) is 10.0 Å². The van der Waals surface area contributed by atoms with E-state index in [9.17, 15) is 13.2 Å². The summed E-state index contributed by atoms with van der Waals surface area (Å²) in [5.74, 6) is 0.397. The summed E-state index contributed by atoms with van der Waals surface area (Å²) in [6.45, 7) is 4.55. The maximum Gasteiger partial charge on any atom is 0.253 e. The molecule has 1 aliphatic rings. The number of nitrogens with one attached hydrogen (secondary N) is 1. The second-order valence-electron chi connectivity index (χ2n) is 6.73. The average molecular weight is 353 g/mol. The van der Waals surface area contributed by atoms with E-state index in [1.165, 1.54) is 12.1 Å². The van der Waals surface area contributed by atoms with Crippen molar-refractivity contribution in [3.05, 3.63) is 29.8 Å². The van der Waals surface area contributed by atoms with Gasteiger partial charge < -0.3 is 9.80 Å². The molecule has 7 heteroatoms. The summed E-state index contributed by atoms with van der Waals surface area (Å²) in [5, 5.41) is 0. The van der Waals surface area contributed by atoms with Crippen LogP contribution in [-0.2, 0) is 10.0 Å². The zero-order chi connectivity index (χ0) is 17.7. The van der Waals surface area contributed by atoms with Crippen LogP contribution in [0.15, 0.2) is 29.2 Å². The summed E-state index contributed by atoms with van der Waals surface area (Å²) < 4.78 is 27.3. The Morgan fingerprint density at radius 1 is 1.38 bits per heavy atom. The van der Waals surface area contributed by atoms with Gasteiger partial charge in [0, 0.05) is 31.7 Å². The van der Waals surface area contributed by atoms with E-state index in [0.717, 1.165) is 25.9 Å². The van der Waals surface area contributed by atoms with Gasteiger partial charge in [-0.3, -0.25) is 4.79 Å². The molecule has 0 saturated carbocycles. The molecule has 6 nitrogen and oxygen atoms in total. The monoisotopic (exact) mass is 353 g/mol. The van der Waals surface area contributed by atoms with Gasteiger partial charge in [-0.25, -0.2) is 13.1 Å². The summed E-state index contributed by atoms with van der Waals surface area (Å²) in [5.41, 5.74) is 0.430. The molecule has 0 aliphatic carbocycles. The third-order valence-electron chi connectivity index (χ3n) is 4.19. The first-order valence-corrected chi connectivity index (χ1v) is 9.81. The van der Waals surface area contributed by atoms with Gasteiger partial charge in [-0.2, -0.15) is 0 Å². The Balaban J connectivity index is 2.11. The van der Waals surface area contributed by atoms with Crippen LogP contribution in [0.4, 0.5) is 0 Å². The van der Waals surface area contributed by atoms with E-state index in [1.54, 1.807) is 12.1 Å². The van der Waals surface area contributed by atoms with Gasteiger partial charge in [-0.05, 0) is 51.1 Å². The third-order valence-corrected chi connectivity index (χ3v) is 5.65. The van der Waals surface area contributed by atoms with Crippen molar-refractivity contribution in [1.29, 1.82) is 0 Å². The summed E-state index contributed by atoms with van der Waals surface area (Å²) in [7, 11) is 0.163. The molecule has 1 aliphatic heterocycles. The van der Waals surface area contributed by atoms with Gasteiger partial charge in [0.05, 0.1) is 4.90 Å². The number of rotatable bonds is 6. The highest BCUT2D eigenvalue weighted by Gasteiger charge is 2.23. The Labute approximate surface area is 144 Å². The predicted octanol–water partition coefficient (Wildman–Crippen LogP) is 1.40. The van der Waals surface area contributed by atoms with Crippen LogP contribution in [0.1, 0.15) is 30.1 Å². The highest BCUT2D eigenvalue weighted by atomic mass is 32.2. The first-order valence-electron chi connectivity index (χ1n) is 8.33. The molecule has 0 spiro atoms. The number of nitrogens with zero attached hydrogens (tertiary/aromatic N) is 2. The molecule has 0 bridgehead atoms. The number of hydrogen-bond acceptors (Lipinski definition) is 4. The fourth-order valence-electron chi connectivity index (χ4n) is 2.84. The molecule has 1 fully saturated rings. The van der Waals surface area contributed by atoms with E-state index in [1.807, 2.05) is 23.9 Å². The Morgan fingerprint density at radius 3 is 2.79 bits per heavy atom. The van der Waals surface area contributed by atoms with Crippen molar-refractivity contribution in [2.75, 3.05) is 40.3 Å². The molecule has 1 saturated heterocycles. The summed E-state index contributed by atoms with van der Waals surface area (Å²) in [6.07, 6.45) is 2.13. The van der Waals surface area contributed by atoms with Crippen LogP contribution in [0.25, 0.3) is 0 Å². The van der Waals surface area contributed by atoms with Crippen molar-refractivity contribution in [2.45, 2.75) is 24.7 Å². The Bertz CT molecular complexity index is 673. The van der Waals surface area contributed by atoms with Gasteiger partial charge in [-0.1, -0.05) is 13.0 Å². The normalized spacial score (nSPS) is 18.8. The van der Waals surface area contributed by atoms with E-state index in [-0.39, 0.29) is 10.8 Å². The van der Waals surface area contributed by atoms with E-state index < -0.39 is 10.0 Å². The number of likely N-dealkylation sites (tertiary alicyclic amines) is 1. The molecule has 1 aromatic rings. The molecule has 2 rings (SSSR count). The van der Waals surface area contributed by atoms with E-state index in [0.29, 0.717) is 24.6 Å². The SMILES string of the molecule is CC1CCCN(C(=O)c2cccc(S(=O)(=O)NCCN(C)C)c2)C1. The minimum atomic E-state index is -3.60. The Hall–Kier alpha value is -1.44. The minimum Gasteiger partial charge on any atom is -0.338 e. The molecule has 1 N–H and O–H groups in total. The standard InChI is InChI=1S/C17H27N3O3S/c1-14-6-5-10-20(13-14)17(21)15-7-4-8-16(12-15)24(22,23)18-9-11-19(2)3/h4,7-8,12,14,18H,5-6,9-11,13H2,1-3H3. The number of likely N-dealkylation sites (N-methyl/N-ethyl adjacent to an activating group) is 1. The fraction of sp³-hybridized carbons (Fsp3) is 0.588. The minimum absolute atomic E-state index is 0.0908.